The van der Waals surface area contributed by atoms with Crippen molar-refractivity contribution in [3.63, 3.8) is 0 Å². The maximum atomic E-state index is 10.9. The van der Waals surface area contributed by atoms with Crippen LogP contribution in [0.4, 0.5) is 0 Å². The van der Waals surface area contributed by atoms with Crippen molar-refractivity contribution in [2.24, 2.45) is 12.8 Å². The van der Waals surface area contributed by atoms with Gasteiger partial charge in [0.25, 0.3) is 0 Å². The third kappa shape index (κ3) is 2.49. The third-order valence-corrected chi connectivity index (χ3v) is 2.41. The van der Waals surface area contributed by atoms with E-state index in [0.29, 0.717) is 11.6 Å². The SMILES string of the molecule is Cn1c(CN)nnc1CS(C)(=O)=O. The molecule has 0 saturated carbocycles. The minimum Gasteiger partial charge on any atom is -0.324 e. The van der Waals surface area contributed by atoms with Gasteiger partial charge in [0.1, 0.15) is 17.4 Å². The first-order valence-electron chi connectivity index (χ1n) is 3.69. The summed E-state index contributed by atoms with van der Waals surface area (Å²) in [5.74, 6) is 0.901. The monoisotopic (exact) mass is 204 g/mol. The van der Waals surface area contributed by atoms with Crippen molar-refractivity contribution in [1.29, 1.82) is 0 Å². The molecule has 7 heteroatoms. The van der Waals surface area contributed by atoms with Crippen molar-refractivity contribution in [1.82, 2.24) is 14.8 Å². The lowest BCUT2D eigenvalue weighted by Crippen LogP contribution is -2.10. The van der Waals surface area contributed by atoms with E-state index < -0.39 is 9.84 Å². The van der Waals surface area contributed by atoms with Gasteiger partial charge in [-0.05, 0) is 0 Å². The second-order valence-electron chi connectivity index (χ2n) is 2.87. The minimum atomic E-state index is -3.06. The summed E-state index contributed by atoms with van der Waals surface area (Å²) in [5, 5.41) is 7.47. The van der Waals surface area contributed by atoms with Crippen molar-refractivity contribution in [3.8, 4) is 0 Å². The Kier molecular flexibility index (Phi) is 2.67. The molecule has 0 atom stereocenters. The van der Waals surface area contributed by atoms with Crippen molar-refractivity contribution < 1.29 is 8.42 Å². The molecule has 74 valence electrons. The average molecular weight is 204 g/mol. The van der Waals surface area contributed by atoms with Crippen LogP contribution in [0.3, 0.4) is 0 Å². The Morgan fingerprint density at radius 2 is 1.92 bits per heavy atom. The molecule has 0 aliphatic heterocycles. The van der Waals surface area contributed by atoms with Crippen molar-refractivity contribution in [2.75, 3.05) is 6.26 Å². The maximum Gasteiger partial charge on any atom is 0.154 e. The van der Waals surface area contributed by atoms with Crippen LogP contribution in [0.15, 0.2) is 0 Å². The number of hydrogen-bond donors (Lipinski definition) is 1. The number of rotatable bonds is 3. The lowest BCUT2D eigenvalue weighted by molar-refractivity contribution is 0.598. The summed E-state index contributed by atoms with van der Waals surface area (Å²) in [7, 11) is -1.36. The van der Waals surface area contributed by atoms with Crippen LogP contribution in [0.5, 0.6) is 0 Å². The van der Waals surface area contributed by atoms with E-state index in [1.54, 1.807) is 11.6 Å². The van der Waals surface area contributed by atoms with Crippen LogP contribution < -0.4 is 5.73 Å². The molecule has 0 spiro atoms. The lowest BCUT2D eigenvalue weighted by atomic mass is 10.6. The first-order valence-corrected chi connectivity index (χ1v) is 5.75. The summed E-state index contributed by atoms with van der Waals surface area (Å²) < 4.78 is 23.5. The Bertz CT molecular complexity index is 395. The van der Waals surface area contributed by atoms with Gasteiger partial charge < -0.3 is 10.3 Å². The fourth-order valence-corrected chi connectivity index (χ4v) is 1.66. The zero-order chi connectivity index (χ0) is 10.1. The Morgan fingerprint density at radius 3 is 2.31 bits per heavy atom. The molecule has 13 heavy (non-hydrogen) atoms. The van der Waals surface area contributed by atoms with Crippen LogP contribution in [0, 0.1) is 0 Å². The molecule has 0 aromatic carbocycles. The highest BCUT2D eigenvalue weighted by atomic mass is 32.2. The highest BCUT2D eigenvalue weighted by Gasteiger charge is 2.12. The predicted octanol–water partition coefficient (Wildman–Crippen LogP) is -1.18. The second-order valence-corrected chi connectivity index (χ2v) is 5.01. The molecule has 0 amide bonds. The van der Waals surface area contributed by atoms with Crippen molar-refractivity contribution in [2.45, 2.75) is 12.3 Å². The number of nitrogens with two attached hydrogens (primary N) is 1. The number of sulfone groups is 1. The summed E-state index contributed by atoms with van der Waals surface area (Å²) in [4.78, 5) is 0. The molecular weight excluding hydrogens is 192 g/mol. The topological polar surface area (TPSA) is 90.9 Å². The molecule has 0 aliphatic rings. The van der Waals surface area contributed by atoms with Crippen molar-refractivity contribution >= 4 is 9.84 Å². The Hall–Kier alpha value is -0.950. The Morgan fingerprint density at radius 1 is 1.38 bits per heavy atom. The fourth-order valence-electron chi connectivity index (χ4n) is 0.937. The summed E-state index contributed by atoms with van der Waals surface area (Å²) >= 11 is 0. The third-order valence-electron chi connectivity index (χ3n) is 1.63. The molecule has 0 aliphatic carbocycles. The van der Waals surface area contributed by atoms with Crippen LogP contribution in [-0.4, -0.2) is 29.4 Å². The smallest absolute Gasteiger partial charge is 0.154 e. The summed E-state index contributed by atoms with van der Waals surface area (Å²) in [6.45, 7) is 0.257. The highest BCUT2D eigenvalue weighted by Crippen LogP contribution is 2.02. The Labute approximate surface area is 76.7 Å². The van der Waals surface area contributed by atoms with Gasteiger partial charge in [-0.2, -0.15) is 0 Å². The predicted molar refractivity (Wildman–Crippen MR) is 47.4 cm³/mol. The number of nitrogens with zero attached hydrogens (tertiary/aromatic N) is 3. The second kappa shape index (κ2) is 3.43. The van der Waals surface area contributed by atoms with Gasteiger partial charge >= 0.3 is 0 Å². The number of aromatic nitrogens is 3. The van der Waals surface area contributed by atoms with E-state index in [-0.39, 0.29) is 12.3 Å². The molecule has 2 N–H and O–H groups in total. The lowest BCUT2D eigenvalue weighted by Gasteiger charge is -2.00. The van der Waals surface area contributed by atoms with Crippen LogP contribution in [0.25, 0.3) is 0 Å². The first kappa shape index (κ1) is 10.1. The van der Waals surface area contributed by atoms with E-state index in [1.807, 2.05) is 0 Å². The largest absolute Gasteiger partial charge is 0.324 e. The van der Waals surface area contributed by atoms with Gasteiger partial charge in [-0.3, -0.25) is 0 Å². The van der Waals surface area contributed by atoms with E-state index in [1.165, 1.54) is 0 Å². The zero-order valence-electron chi connectivity index (χ0n) is 7.56. The highest BCUT2D eigenvalue weighted by molar-refractivity contribution is 7.89. The van der Waals surface area contributed by atoms with E-state index in [2.05, 4.69) is 10.2 Å². The molecule has 0 radical (unpaired) electrons. The van der Waals surface area contributed by atoms with Gasteiger partial charge in [-0.15, -0.1) is 10.2 Å². The van der Waals surface area contributed by atoms with E-state index in [0.717, 1.165) is 6.26 Å². The molecule has 1 aromatic heterocycles. The Balaban J connectivity index is 2.97. The van der Waals surface area contributed by atoms with Gasteiger partial charge in [0.05, 0.1) is 6.54 Å². The average Bonchev–Trinajstić information content (AvgIpc) is 2.30. The van der Waals surface area contributed by atoms with Gasteiger partial charge in [0.15, 0.2) is 9.84 Å². The first-order chi connectivity index (χ1) is 5.94. The zero-order valence-corrected chi connectivity index (χ0v) is 8.37. The van der Waals surface area contributed by atoms with Gasteiger partial charge in [-0.1, -0.05) is 0 Å². The standard InChI is InChI=1S/C6H12N4O2S/c1-10-5(3-7)8-9-6(10)4-13(2,11)12/h3-4,7H2,1-2H3. The minimum absolute atomic E-state index is 0.101. The van der Waals surface area contributed by atoms with Gasteiger partial charge in [0.2, 0.25) is 0 Å². The summed E-state index contributed by atoms with van der Waals surface area (Å²) in [6.07, 6.45) is 1.16. The van der Waals surface area contributed by atoms with Gasteiger partial charge in [-0.25, -0.2) is 8.42 Å². The van der Waals surface area contributed by atoms with Crippen molar-refractivity contribution in [3.05, 3.63) is 11.6 Å². The number of hydrogen-bond acceptors (Lipinski definition) is 5. The molecule has 0 bridgehead atoms. The molecule has 0 saturated heterocycles. The molecule has 1 rings (SSSR count). The maximum absolute atomic E-state index is 10.9. The molecule has 6 nitrogen and oxygen atoms in total. The molecular formula is C6H12N4O2S. The van der Waals surface area contributed by atoms with Crippen LogP contribution in [0.2, 0.25) is 0 Å². The fraction of sp³-hybridized carbons (Fsp3) is 0.667. The molecule has 1 aromatic rings. The quantitative estimate of drug-likeness (QED) is 0.669. The summed E-state index contributed by atoms with van der Waals surface area (Å²) in [5.41, 5.74) is 5.35. The molecule has 1 heterocycles. The summed E-state index contributed by atoms with van der Waals surface area (Å²) in [6, 6.07) is 0. The molecule has 0 fully saturated rings. The van der Waals surface area contributed by atoms with Crippen LogP contribution in [-0.2, 0) is 29.2 Å². The van der Waals surface area contributed by atoms with E-state index in [9.17, 15) is 8.42 Å². The van der Waals surface area contributed by atoms with E-state index >= 15 is 0 Å². The van der Waals surface area contributed by atoms with Gasteiger partial charge in [0, 0.05) is 13.3 Å². The van der Waals surface area contributed by atoms with E-state index in [4.69, 9.17) is 5.73 Å². The molecule has 0 unspecified atom stereocenters. The normalized spacial score (nSPS) is 11.9. The van der Waals surface area contributed by atoms with Crippen LogP contribution >= 0.6 is 0 Å². The van der Waals surface area contributed by atoms with Crippen LogP contribution in [0.1, 0.15) is 11.6 Å².